The van der Waals surface area contributed by atoms with E-state index in [4.69, 9.17) is 9.47 Å². The first-order chi connectivity index (χ1) is 15.6. The minimum absolute atomic E-state index is 0.140. The summed E-state index contributed by atoms with van der Waals surface area (Å²) in [5.74, 6) is 0.976. The molecule has 32 heavy (non-hydrogen) atoms. The molecule has 1 amide bonds. The van der Waals surface area contributed by atoms with Crippen LogP contribution < -0.4 is 15.0 Å². The van der Waals surface area contributed by atoms with Crippen molar-refractivity contribution < 1.29 is 14.3 Å². The standard InChI is InChI=1S/C23H21N5O4/c1-31-19-7-6-14(11-20(19)32-2)17-12-18(26-25-17)23(30)27-10-8-16-15(13-27)22(29)28-9-4-3-5-21(28)24-16/h3-7,9,11-12H,8,10,13H2,1-2H3,(H,25,26). The van der Waals surface area contributed by atoms with Gasteiger partial charge in [-0.15, -0.1) is 0 Å². The minimum atomic E-state index is -0.215. The highest BCUT2D eigenvalue weighted by Crippen LogP contribution is 2.32. The Morgan fingerprint density at radius 1 is 1.09 bits per heavy atom. The Hall–Kier alpha value is -4.14. The van der Waals surface area contributed by atoms with Gasteiger partial charge in [-0.1, -0.05) is 6.07 Å². The summed E-state index contributed by atoms with van der Waals surface area (Å²) in [6, 6.07) is 12.6. The molecule has 0 fully saturated rings. The molecular weight excluding hydrogens is 410 g/mol. The van der Waals surface area contributed by atoms with E-state index in [-0.39, 0.29) is 18.0 Å². The average Bonchev–Trinajstić information content (AvgIpc) is 3.33. The zero-order chi connectivity index (χ0) is 22.2. The zero-order valence-electron chi connectivity index (χ0n) is 17.7. The summed E-state index contributed by atoms with van der Waals surface area (Å²) in [4.78, 5) is 32.3. The van der Waals surface area contributed by atoms with E-state index < -0.39 is 0 Å². The molecule has 9 heteroatoms. The van der Waals surface area contributed by atoms with Crippen molar-refractivity contribution in [2.75, 3.05) is 20.8 Å². The van der Waals surface area contributed by atoms with Crippen molar-refractivity contribution in [1.29, 1.82) is 0 Å². The molecule has 162 valence electrons. The number of methoxy groups -OCH3 is 2. The van der Waals surface area contributed by atoms with E-state index in [0.717, 1.165) is 11.3 Å². The van der Waals surface area contributed by atoms with Gasteiger partial charge in [0.25, 0.3) is 11.5 Å². The Bertz CT molecular complexity index is 1390. The van der Waals surface area contributed by atoms with Crippen molar-refractivity contribution in [2.24, 2.45) is 0 Å². The molecule has 0 atom stereocenters. The lowest BCUT2D eigenvalue weighted by Gasteiger charge is -2.27. The van der Waals surface area contributed by atoms with Gasteiger partial charge in [0, 0.05) is 24.7 Å². The van der Waals surface area contributed by atoms with E-state index in [9.17, 15) is 9.59 Å². The van der Waals surface area contributed by atoms with Crippen molar-refractivity contribution in [3.05, 3.63) is 76.0 Å². The predicted octanol–water partition coefficient (Wildman–Crippen LogP) is 2.30. The maximum absolute atomic E-state index is 13.1. The van der Waals surface area contributed by atoms with Crippen molar-refractivity contribution in [3.8, 4) is 22.8 Å². The van der Waals surface area contributed by atoms with Gasteiger partial charge in [-0.25, -0.2) is 4.98 Å². The van der Waals surface area contributed by atoms with Crippen molar-refractivity contribution in [3.63, 3.8) is 0 Å². The number of hydrogen-bond acceptors (Lipinski definition) is 6. The number of H-pyrrole nitrogens is 1. The van der Waals surface area contributed by atoms with E-state index in [1.54, 1.807) is 55.6 Å². The summed E-state index contributed by atoms with van der Waals surface area (Å²) in [6.45, 7) is 0.689. The predicted molar refractivity (Wildman–Crippen MR) is 117 cm³/mol. The first-order valence-electron chi connectivity index (χ1n) is 10.2. The van der Waals surface area contributed by atoms with Gasteiger partial charge >= 0.3 is 0 Å². The maximum atomic E-state index is 13.1. The maximum Gasteiger partial charge on any atom is 0.272 e. The van der Waals surface area contributed by atoms with Gasteiger partial charge in [0.2, 0.25) is 0 Å². The first-order valence-corrected chi connectivity index (χ1v) is 10.2. The molecule has 9 nitrogen and oxygen atoms in total. The van der Waals surface area contributed by atoms with Crippen LogP contribution in [0.2, 0.25) is 0 Å². The number of pyridine rings is 1. The Kier molecular flexibility index (Phi) is 4.85. The van der Waals surface area contributed by atoms with E-state index in [1.807, 2.05) is 12.1 Å². The lowest BCUT2D eigenvalue weighted by Crippen LogP contribution is -2.40. The number of amides is 1. The monoisotopic (exact) mass is 431 g/mol. The molecule has 0 spiro atoms. The van der Waals surface area contributed by atoms with Crippen LogP contribution in [0.3, 0.4) is 0 Å². The highest BCUT2D eigenvalue weighted by atomic mass is 16.5. The number of carbonyl (C=O) groups is 1. The third kappa shape index (κ3) is 3.27. The molecule has 1 aliphatic heterocycles. The molecule has 0 radical (unpaired) electrons. The van der Waals surface area contributed by atoms with Crippen LogP contribution in [0.1, 0.15) is 21.7 Å². The van der Waals surface area contributed by atoms with Gasteiger partial charge in [-0.3, -0.25) is 19.1 Å². The summed E-state index contributed by atoms with van der Waals surface area (Å²) >= 11 is 0. The highest BCUT2D eigenvalue weighted by Gasteiger charge is 2.27. The second kappa shape index (κ2) is 7.84. The highest BCUT2D eigenvalue weighted by molar-refractivity contribution is 5.93. The van der Waals surface area contributed by atoms with Crippen LogP contribution in [0.15, 0.2) is 53.5 Å². The van der Waals surface area contributed by atoms with Gasteiger partial charge in [0.15, 0.2) is 11.5 Å². The van der Waals surface area contributed by atoms with Crippen LogP contribution in [0, 0.1) is 0 Å². The largest absolute Gasteiger partial charge is 0.493 e. The fourth-order valence-electron chi connectivity index (χ4n) is 3.97. The fourth-order valence-corrected chi connectivity index (χ4v) is 3.97. The summed E-state index contributed by atoms with van der Waals surface area (Å²) in [5, 5.41) is 7.11. The molecule has 0 unspecified atom stereocenters. The van der Waals surface area contributed by atoms with Crippen molar-refractivity contribution >= 4 is 11.6 Å². The van der Waals surface area contributed by atoms with Crippen LogP contribution in [-0.2, 0) is 13.0 Å². The Morgan fingerprint density at radius 2 is 1.94 bits per heavy atom. The first kappa shape index (κ1) is 19.8. The third-order valence-electron chi connectivity index (χ3n) is 5.66. The number of rotatable bonds is 4. The van der Waals surface area contributed by atoms with Crippen LogP contribution in [0.25, 0.3) is 16.9 Å². The summed E-state index contributed by atoms with van der Waals surface area (Å²) in [5.41, 5.74) is 3.53. The second-order valence-electron chi connectivity index (χ2n) is 7.48. The molecule has 5 rings (SSSR count). The molecule has 0 aliphatic carbocycles. The number of carbonyl (C=O) groups excluding carboxylic acids is 1. The second-order valence-corrected chi connectivity index (χ2v) is 7.48. The van der Waals surface area contributed by atoms with Crippen molar-refractivity contribution in [1.82, 2.24) is 24.5 Å². The number of fused-ring (bicyclic) bond motifs is 2. The fraction of sp³-hybridized carbons (Fsp3) is 0.217. The summed E-state index contributed by atoms with van der Waals surface area (Å²) in [7, 11) is 3.14. The van der Waals surface area contributed by atoms with E-state index >= 15 is 0 Å². The Morgan fingerprint density at radius 3 is 2.75 bits per heavy atom. The third-order valence-corrected chi connectivity index (χ3v) is 5.66. The normalized spacial score (nSPS) is 13.1. The molecule has 3 aromatic heterocycles. The molecule has 0 saturated carbocycles. The van der Waals surface area contributed by atoms with Crippen LogP contribution in [0.5, 0.6) is 11.5 Å². The Balaban J connectivity index is 1.41. The lowest BCUT2D eigenvalue weighted by molar-refractivity contribution is 0.0726. The number of benzene rings is 1. The Labute approximate surface area is 183 Å². The lowest BCUT2D eigenvalue weighted by atomic mass is 10.1. The molecule has 1 N–H and O–H groups in total. The van der Waals surface area contributed by atoms with Gasteiger partial charge in [0.05, 0.1) is 37.7 Å². The quantitative estimate of drug-likeness (QED) is 0.532. The summed E-state index contributed by atoms with van der Waals surface area (Å²) < 4.78 is 12.1. The number of hydrogen-bond donors (Lipinski definition) is 1. The summed E-state index contributed by atoms with van der Waals surface area (Å²) in [6.07, 6.45) is 2.22. The number of nitrogens with zero attached hydrogens (tertiary/aromatic N) is 4. The van der Waals surface area contributed by atoms with Crippen LogP contribution >= 0.6 is 0 Å². The number of aromatic amines is 1. The number of aromatic nitrogens is 4. The topological polar surface area (TPSA) is 102 Å². The molecule has 1 aromatic carbocycles. The van der Waals surface area contributed by atoms with Crippen molar-refractivity contribution in [2.45, 2.75) is 13.0 Å². The average molecular weight is 431 g/mol. The van der Waals surface area contributed by atoms with Gasteiger partial charge < -0.3 is 14.4 Å². The minimum Gasteiger partial charge on any atom is -0.493 e. The van der Waals surface area contributed by atoms with E-state index in [2.05, 4.69) is 15.2 Å². The van der Waals surface area contributed by atoms with Crippen LogP contribution in [0.4, 0.5) is 0 Å². The molecule has 0 saturated heterocycles. The van der Waals surface area contributed by atoms with Gasteiger partial charge in [-0.05, 0) is 36.4 Å². The van der Waals surface area contributed by atoms with Crippen LogP contribution in [-0.4, -0.2) is 51.2 Å². The number of nitrogens with one attached hydrogen (secondary N) is 1. The zero-order valence-corrected chi connectivity index (χ0v) is 17.7. The molecule has 0 bridgehead atoms. The van der Waals surface area contributed by atoms with Gasteiger partial charge in [-0.2, -0.15) is 5.10 Å². The molecule has 4 heterocycles. The van der Waals surface area contributed by atoms with Gasteiger partial charge in [0.1, 0.15) is 11.3 Å². The SMILES string of the molecule is COc1ccc(-c2cc(C(=O)N3CCc4nc5ccccn5c(=O)c4C3)[nH]n2)cc1OC. The van der Waals surface area contributed by atoms with E-state index in [1.165, 1.54) is 4.40 Å². The number of ether oxygens (including phenoxy) is 2. The molecular formula is C23H21N5O4. The molecule has 4 aromatic rings. The van der Waals surface area contributed by atoms with E-state index in [0.29, 0.717) is 47.1 Å². The molecule has 1 aliphatic rings. The smallest absolute Gasteiger partial charge is 0.272 e.